The van der Waals surface area contributed by atoms with Crippen LogP contribution in [0, 0.1) is 0 Å². The molecule has 1 aromatic carbocycles. The molecule has 1 fully saturated rings. The predicted molar refractivity (Wildman–Crippen MR) is 87.4 cm³/mol. The lowest BCUT2D eigenvalue weighted by Crippen LogP contribution is -2.22. The van der Waals surface area contributed by atoms with Gasteiger partial charge in [-0.3, -0.25) is 4.79 Å². The molecule has 0 aliphatic heterocycles. The number of anilines is 2. The number of benzene rings is 1. The second-order valence-corrected chi connectivity index (χ2v) is 6.65. The smallest absolute Gasteiger partial charge is 0.253 e. The van der Waals surface area contributed by atoms with Crippen molar-refractivity contribution in [1.82, 2.24) is 4.90 Å². The minimum atomic E-state index is 0.00135. The first-order valence-corrected chi connectivity index (χ1v) is 8.20. The number of thioether (sulfide) groups is 1. The Hall–Kier alpha value is -1.36. The number of hydrogen-bond donors (Lipinski definition) is 2. The van der Waals surface area contributed by atoms with Crippen LogP contribution in [0.25, 0.3) is 0 Å². The normalized spacial score (nSPS) is 21.8. The van der Waals surface area contributed by atoms with Crippen molar-refractivity contribution in [2.45, 2.75) is 30.6 Å². The van der Waals surface area contributed by atoms with Crippen LogP contribution in [0.3, 0.4) is 0 Å². The monoisotopic (exact) mass is 293 g/mol. The summed E-state index contributed by atoms with van der Waals surface area (Å²) in [6.07, 6.45) is 5.73. The Labute approximate surface area is 125 Å². The summed E-state index contributed by atoms with van der Waals surface area (Å²) in [6.45, 7) is 0. The Bertz CT molecular complexity index is 490. The first-order valence-electron chi connectivity index (χ1n) is 6.91. The van der Waals surface area contributed by atoms with Crippen LogP contribution < -0.4 is 11.1 Å². The summed E-state index contributed by atoms with van der Waals surface area (Å²) < 4.78 is 0. The van der Waals surface area contributed by atoms with E-state index in [-0.39, 0.29) is 5.91 Å². The molecule has 3 N–H and O–H groups in total. The van der Waals surface area contributed by atoms with E-state index >= 15 is 0 Å². The summed E-state index contributed by atoms with van der Waals surface area (Å²) in [7, 11) is 3.51. The largest absolute Gasteiger partial charge is 0.397 e. The van der Waals surface area contributed by atoms with Gasteiger partial charge in [0.25, 0.3) is 5.91 Å². The summed E-state index contributed by atoms with van der Waals surface area (Å²) >= 11 is 1.93. The van der Waals surface area contributed by atoms with Gasteiger partial charge in [0, 0.05) is 31.0 Å². The molecule has 0 heterocycles. The topological polar surface area (TPSA) is 58.4 Å². The molecule has 0 spiro atoms. The average Bonchev–Trinajstić information content (AvgIpc) is 2.88. The standard InChI is InChI=1S/C15H23N3OS/c1-18(2)15(19)10-4-7-13(16)14(8-10)17-11-5-6-12(9-11)20-3/h4,7-8,11-12,17H,5-6,9,16H2,1-3H3. The summed E-state index contributed by atoms with van der Waals surface area (Å²) in [6, 6.07) is 5.91. The van der Waals surface area contributed by atoms with Crippen molar-refractivity contribution in [1.29, 1.82) is 0 Å². The van der Waals surface area contributed by atoms with Gasteiger partial charge >= 0.3 is 0 Å². The van der Waals surface area contributed by atoms with E-state index in [1.165, 1.54) is 6.42 Å². The molecule has 1 aliphatic carbocycles. The average molecular weight is 293 g/mol. The molecule has 110 valence electrons. The van der Waals surface area contributed by atoms with Crippen molar-refractivity contribution >= 4 is 29.0 Å². The molecule has 0 saturated heterocycles. The highest BCUT2D eigenvalue weighted by molar-refractivity contribution is 7.99. The quantitative estimate of drug-likeness (QED) is 0.838. The van der Waals surface area contributed by atoms with Gasteiger partial charge in [-0.05, 0) is 43.7 Å². The van der Waals surface area contributed by atoms with Gasteiger partial charge in [-0.2, -0.15) is 11.8 Å². The van der Waals surface area contributed by atoms with Gasteiger partial charge in [-0.1, -0.05) is 0 Å². The molecule has 1 saturated carbocycles. The molecule has 5 heteroatoms. The van der Waals surface area contributed by atoms with E-state index in [1.807, 2.05) is 17.8 Å². The van der Waals surface area contributed by atoms with Crippen molar-refractivity contribution in [3.05, 3.63) is 23.8 Å². The maximum absolute atomic E-state index is 12.0. The van der Waals surface area contributed by atoms with Crippen LogP contribution in [-0.2, 0) is 0 Å². The summed E-state index contributed by atoms with van der Waals surface area (Å²) in [5.41, 5.74) is 8.27. The van der Waals surface area contributed by atoms with Crippen molar-refractivity contribution < 1.29 is 4.79 Å². The highest BCUT2D eigenvalue weighted by atomic mass is 32.2. The second-order valence-electron chi connectivity index (χ2n) is 5.51. The van der Waals surface area contributed by atoms with Crippen molar-refractivity contribution in [3.8, 4) is 0 Å². The fourth-order valence-electron chi connectivity index (χ4n) is 2.58. The number of carbonyl (C=O) groups excluding carboxylic acids is 1. The van der Waals surface area contributed by atoms with Gasteiger partial charge in [-0.25, -0.2) is 0 Å². The van der Waals surface area contributed by atoms with Crippen LogP contribution in [-0.4, -0.2) is 42.4 Å². The van der Waals surface area contributed by atoms with Crippen LogP contribution >= 0.6 is 11.8 Å². The first-order chi connectivity index (χ1) is 9.51. The zero-order chi connectivity index (χ0) is 14.7. The Morgan fingerprint density at radius 2 is 2.15 bits per heavy atom. The SMILES string of the molecule is CSC1CCC(Nc2cc(C(=O)N(C)C)ccc2N)C1. The lowest BCUT2D eigenvalue weighted by atomic mass is 10.1. The fraction of sp³-hybridized carbons (Fsp3) is 0.533. The van der Waals surface area contributed by atoms with Gasteiger partial charge < -0.3 is 16.0 Å². The van der Waals surface area contributed by atoms with Crippen LogP contribution in [0.1, 0.15) is 29.6 Å². The van der Waals surface area contributed by atoms with E-state index in [1.54, 1.807) is 31.1 Å². The minimum absolute atomic E-state index is 0.00135. The molecule has 1 aliphatic rings. The number of nitrogens with two attached hydrogens (primary N) is 1. The van der Waals surface area contributed by atoms with Gasteiger partial charge in [0.15, 0.2) is 0 Å². The molecule has 0 aromatic heterocycles. The van der Waals surface area contributed by atoms with E-state index in [4.69, 9.17) is 5.73 Å². The van der Waals surface area contributed by atoms with Crippen molar-refractivity contribution in [2.24, 2.45) is 0 Å². The number of rotatable bonds is 4. The van der Waals surface area contributed by atoms with E-state index in [2.05, 4.69) is 11.6 Å². The number of carbonyl (C=O) groups is 1. The lowest BCUT2D eigenvalue weighted by Gasteiger charge is -2.18. The Kier molecular flexibility index (Phi) is 4.81. The molecule has 2 unspecified atom stereocenters. The van der Waals surface area contributed by atoms with Crippen molar-refractivity contribution in [3.63, 3.8) is 0 Å². The molecule has 1 amide bonds. The highest BCUT2D eigenvalue weighted by Crippen LogP contribution is 2.32. The van der Waals surface area contributed by atoms with Gasteiger partial charge in [-0.15, -0.1) is 0 Å². The minimum Gasteiger partial charge on any atom is -0.397 e. The summed E-state index contributed by atoms with van der Waals surface area (Å²) in [5, 5.41) is 4.23. The van der Waals surface area contributed by atoms with Gasteiger partial charge in [0.2, 0.25) is 0 Å². The van der Waals surface area contributed by atoms with Gasteiger partial charge in [0.05, 0.1) is 11.4 Å². The second kappa shape index (κ2) is 6.39. The number of amides is 1. The van der Waals surface area contributed by atoms with Crippen LogP contribution in [0.4, 0.5) is 11.4 Å². The third-order valence-electron chi connectivity index (χ3n) is 3.78. The van der Waals surface area contributed by atoms with Gasteiger partial charge in [0.1, 0.15) is 0 Å². The van der Waals surface area contributed by atoms with Crippen LogP contribution in [0.5, 0.6) is 0 Å². The fourth-order valence-corrected chi connectivity index (χ4v) is 3.37. The van der Waals surface area contributed by atoms with E-state index < -0.39 is 0 Å². The Balaban J connectivity index is 2.11. The Morgan fingerprint density at radius 3 is 2.75 bits per heavy atom. The zero-order valence-electron chi connectivity index (χ0n) is 12.3. The lowest BCUT2D eigenvalue weighted by molar-refractivity contribution is 0.0827. The van der Waals surface area contributed by atoms with E-state index in [0.717, 1.165) is 23.8 Å². The third kappa shape index (κ3) is 3.39. The van der Waals surface area contributed by atoms with Crippen molar-refractivity contribution in [2.75, 3.05) is 31.4 Å². The number of nitrogens with one attached hydrogen (secondary N) is 1. The first kappa shape index (κ1) is 15.0. The predicted octanol–water partition coefficient (Wildman–Crippen LogP) is 2.67. The van der Waals surface area contributed by atoms with Crippen LogP contribution in [0.2, 0.25) is 0 Å². The van der Waals surface area contributed by atoms with Crippen LogP contribution in [0.15, 0.2) is 18.2 Å². The molecule has 2 rings (SSSR count). The van der Waals surface area contributed by atoms with E-state index in [9.17, 15) is 4.79 Å². The maximum Gasteiger partial charge on any atom is 0.253 e. The molecule has 4 nitrogen and oxygen atoms in total. The number of hydrogen-bond acceptors (Lipinski definition) is 4. The zero-order valence-corrected chi connectivity index (χ0v) is 13.2. The molecular weight excluding hydrogens is 270 g/mol. The number of nitrogen functional groups attached to an aromatic ring is 1. The molecule has 0 bridgehead atoms. The van der Waals surface area contributed by atoms with E-state index in [0.29, 0.717) is 17.3 Å². The number of nitrogens with zero attached hydrogens (tertiary/aromatic N) is 1. The molecule has 1 aromatic rings. The molecule has 20 heavy (non-hydrogen) atoms. The molecular formula is C15H23N3OS. The maximum atomic E-state index is 12.0. The molecule has 0 radical (unpaired) electrons. The summed E-state index contributed by atoms with van der Waals surface area (Å²) in [5.74, 6) is 0.00135. The highest BCUT2D eigenvalue weighted by Gasteiger charge is 2.24. The third-order valence-corrected chi connectivity index (χ3v) is 4.88. The summed E-state index contributed by atoms with van der Waals surface area (Å²) in [4.78, 5) is 13.6. The molecule has 2 atom stereocenters. The Morgan fingerprint density at radius 1 is 1.40 bits per heavy atom.